The molecule has 0 N–H and O–H groups in total. The SMILES string of the molecule is CC(C)(C)c1ccccc1Oc1c(F)c(F)c(S(=O)(=O)[O-])c(F)c1F. The van der Waals surface area contributed by atoms with E-state index in [9.17, 15) is 30.5 Å². The third-order valence-corrected chi connectivity index (χ3v) is 4.20. The van der Waals surface area contributed by atoms with Crippen molar-refractivity contribution in [3.05, 3.63) is 53.1 Å². The number of halogens is 4. The summed E-state index contributed by atoms with van der Waals surface area (Å²) in [5.41, 5.74) is -0.0472. The zero-order valence-corrected chi connectivity index (χ0v) is 14.2. The minimum Gasteiger partial charge on any atom is -0.744 e. The summed E-state index contributed by atoms with van der Waals surface area (Å²) in [6.45, 7) is 5.32. The molecule has 0 spiro atoms. The van der Waals surface area contributed by atoms with Crippen LogP contribution in [0.25, 0.3) is 0 Å². The van der Waals surface area contributed by atoms with Crippen LogP contribution in [0.5, 0.6) is 11.5 Å². The fourth-order valence-electron chi connectivity index (χ4n) is 2.19. The second kappa shape index (κ2) is 6.30. The Balaban J connectivity index is 2.69. The van der Waals surface area contributed by atoms with Crippen molar-refractivity contribution in [2.45, 2.75) is 31.1 Å². The first-order chi connectivity index (χ1) is 11.4. The number of para-hydroxylation sites is 1. The third kappa shape index (κ3) is 3.62. The average Bonchev–Trinajstić information content (AvgIpc) is 2.48. The summed E-state index contributed by atoms with van der Waals surface area (Å²) in [5.74, 6) is -10.5. The van der Waals surface area contributed by atoms with Gasteiger partial charge in [0.2, 0.25) is 17.4 Å². The highest BCUT2D eigenvalue weighted by Crippen LogP contribution is 2.38. The highest BCUT2D eigenvalue weighted by atomic mass is 32.2. The first-order valence-electron chi connectivity index (χ1n) is 6.95. The van der Waals surface area contributed by atoms with E-state index < -0.39 is 49.4 Å². The van der Waals surface area contributed by atoms with Gasteiger partial charge in [0.1, 0.15) is 20.8 Å². The van der Waals surface area contributed by atoms with E-state index in [1.807, 2.05) is 0 Å². The molecule has 0 bridgehead atoms. The van der Waals surface area contributed by atoms with Crippen LogP contribution < -0.4 is 4.74 Å². The van der Waals surface area contributed by atoms with Gasteiger partial charge in [0.25, 0.3) is 0 Å². The average molecular weight is 377 g/mol. The molecule has 0 aliphatic carbocycles. The van der Waals surface area contributed by atoms with Crippen LogP contribution in [-0.4, -0.2) is 13.0 Å². The third-order valence-electron chi connectivity index (χ3n) is 3.34. The van der Waals surface area contributed by atoms with Gasteiger partial charge in [-0.05, 0) is 11.5 Å². The Morgan fingerprint density at radius 2 is 1.40 bits per heavy atom. The summed E-state index contributed by atoms with van der Waals surface area (Å²) in [6.07, 6.45) is 0. The first kappa shape index (κ1) is 19.2. The lowest BCUT2D eigenvalue weighted by molar-refractivity contribution is 0.341. The van der Waals surface area contributed by atoms with E-state index in [1.165, 1.54) is 12.1 Å². The van der Waals surface area contributed by atoms with E-state index in [-0.39, 0.29) is 5.75 Å². The van der Waals surface area contributed by atoms with Crippen molar-refractivity contribution in [2.24, 2.45) is 0 Å². The van der Waals surface area contributed by atoms with Crippen LogP contribution >= 0.6 is 0 Å². The van der Waals surface area contributed by atoms with Crippen molar-refractivity contribution in [1.29, 1.82) is 0 Å². The Labute approximate surface area is 141 Å². The zero-order valence-electron chi connectivity index (χ0n) is 13.4. The monoisotopic (exact) mass is 377 g/mol. The molecule has 4 nitrogen and oxygen atoms in total. The van der Waals surface area contributed by atoms with Crippen molar-refractivity contribution in [1.82, 2.24) is 0 Å². The van der Waals surface area contributed by atoms with Crippen molar-refractivity contribution in [3.63, 3.8) is 0 Å². The van der Waals surface area contributed by atoms with Gasteiger partial charge < -0.3 is 9.29 Å². The maximum absolute atomic E-state index is 14.0. The molecular formula is C16H13F4O4S-. The van der Waals surface area contributed by atoms with Crippen LogP contribution in [0.4, 0.5) is 17.6 Å². The van der Waals surface area contributed by atoms with Gasteiger partial charge in [-0.1, -0.05) is 39.0 Å². The Morgan fingerprint density at radius 3 is 1.84 bits per heavy atom. The van der Waals surface area contributed by atoms with Gasteiger partial charge in [0, 0.05) is 5.56 Å². The van der Waals surface area contributed by atoms with Crippen molar-refractivity contribution in [3.8, 4) is 11.5 Å². The molecule has 0 saturated carbocycles. The fourth-order valence-corrected chi connectivity index (χ4v) is 2.80. The maximum Gasteiger partial charge on any atom is 0.205 e. The van der Waals surface area contributed by atoms with Crippen LogP contribution in [-0.2, 0) is 15.5 Å². The summed E-state index contributed by atoms with van der Waals surface area (Å²) in [5, 5.41) is 0. The molecule has 0 amide bonds. The van der Waals surface area contributed by atoms with E-state index in [0.717, 1.165) is 0 Å². The van der Waals surface area contributed by atoms with Crippen molar-refractivity contribution in [2.75, 3.05) is 0 Å². The molecule has 136 valence electrons. The van der Waals surface area contributed by atoms with Gasteiger partial charge >= 0.3 is 0 Å². The maximum atomic E-state index is 14.0. The van der Waals surface area contributed by atoms with Gasteiger partial charge in [-0.15, -0.1) is 0 Å². The topological polar surface area (TPSA) is 66.4 Å². The number of rotatable bonds is 3. The Hall–Kier alpha value is -2.13. The highest BCUT2D eigenvalue weighted by Gasteiger charge is 2.31. The molecule has 0 saturated heterocycles. The van der Waals surface area contributed by atoms with Gasteiger partial charge in [-0.25, -0.2) is 17.2 Å². The van der Waals surface area contributed by atoms with E-state index in [2.05, 4.69) is 0 Å². The lowest BCUT2D eigenvalue weighted by Gasteiger charge is -2.23. The molecule has 0 aromatic heterocycles. The quantitative estimate of drug-likeness (QED) is 0.456. The molecule has 2 aromatic carbocycles. The summed E-state index contributed by atoms with van der Waals surface area (Å²) < 4.78 is 93.1. The molecule has 0 atom stereocenters. The Bertz CT molecular complexity index is 905. The number of hydrogen-bond donors (Lipinski definition) is 0. The van der Waals surface area contributed by atoms with Crippen LogP contribution in [0, 0.1) is 23.3 Å². The molecule has 0 aliphatic rings. The predicted octanol–water partition coefficient (Wildman–Crippen LogP) is 4.24. The van der Waals surface area contributed by atoms with E-state index in [1.54, 1.807) is 32.9 Å². The smallest absolute Gasteiger partial charge is 0.205 e. The normalized spacial score (nSPS) is 12.3. The molecule has 25 heavy (non-hydrogen) atoms. The van der Waals surface area contributed by atoms with Crippen molar-refractivity contribution < 1.29 is 35.3 Å². The zero-order chi connectivity index (χ0) is 19.2. The Morgan fingerprint density at radius 1 is 0.920 bits per heavy atom. The summed E-state index contributed by atoms with van der Waals surface area (Å²) >= 11 is 0. The first-order valence-corrected chi connectivity index (χ1v) is 8.35. The van der Waals surface area contributed by atoms with Crippen LogP contribution in [0.15, 0.2) is 29.2 Å². The highest BCUT2D eigenvalue weighted by molar-refractivity contribution is 7.85. The molecule has 0 heterocycles. The van der Waals surface area contributed by atoms with Crippen LogP contribution in [0.3, 0.4) is 0 Å². The second-order valence-corrected chi connectivity index (χ2v) is 7.53. The number of benzene rings is 2. The number of hydrogen-bond acceptors (Lipinski definition) is 4. The molecule has 0 fully saturated rings. The second-order valence-electron chi connectivity index (χ2n) is 6.22. The molecule has 0 aliphatic heterocycles. The van der Waals surface area contributed by atoms with Gasteiger partial charge in [-0.3, -0.25) is 0 Å². The molecule has 2 aromatic rings. The minimum absolute atomic E-state index is 0.0793. The standard InChI is InChI=1S/C16H14F4O4S/c1-16(2,3)8-6-4-5-7-9(8)24-14-10(17)12(19)15(25(21,22)23)13(20)11(14)18/h4-7H,1-3H3,(H,21,22,23)/p-1. The largest absolute Gasteiger partial charge is 0.744 e. The van der Waals surface area contributed by atoms with Crippen molar-refractivity contribution >= 4 is 10.1 Å². The van der Waals surface area contributed by atoms with Gasteiger partial charge in [-0.2, -0.15) is 8.78 Å². The molecule has 9 heteroatoms. The molecular weight excluding hydrogens is 364 g/mol. The van der Waals surface area contributed by atoms with Crippen LogP contribution in [0.1, 0.15) is 26.3 Å². The predicted molar refractivity (Wildman–Crippen MR) is 79.5 cm³/mol. The van der Waals surface area contributed by atoms with Gasteiger partial charge in [0.15, 0.2) is 11.6 Å². The fraction of sp³-hybridized carbons (Fsp3) is 0.250. The van der Waals surface area contributed by atoms with Crippen LogP contribution in [0.2, 0.25) is 0 Å². The lowest BCUT2D eigenvalue weighted by atomic mass is 9.86. The molecule has 0 unspecified atom stereocenters. The Kier molecular flexibility index (Phi) is 4.84. The summed E-state index contributed by atoms with van der Waals surface area (Å²) in [4.78, 5) is -2.22. The van der Waals surface area contributed by atoms with Gasteiger partial charge in [0.05, 0.1) is 0 Å². The van der Waals surface area contributed by atoms with E-state index in [4.69, 9.17) is 4.74 Å². The van der Waals surface area contributed by atoms with E-state index >= 15 is 0 Å². The molecule has 0 radical (unpaired) electrons. The molecule has 2 rings (SSSR count). The lowest BCUT2D eigenvalue weighted by Crippen LogP contribution is -2.14. The summed E-state index contributed by atoms with van der Waals surface area (Å²) in [6, 6.07) is 6.03. The van der Waals surface area contributed by atoms with E-state index in [0.29, 0.717) is 5.56 Å². The minimum atomic E-state index is -5.77. The number of ether oxygens (including phenoxy) is 1. The summed E-state index contributed by atoms with van der Waals surface area (Å²) in [7, 11) is -5.77.